The summed E-state index contributed by atoms with van der Waals surface area (Å²) >= 11 is 0. The van der Waals surface area contributed by atoms with Gasteiger partial charge in [0.15, 0.2) is 0 Å². The maximum Gasteiger partial charge on any atom is 0.317 e. The van der Waals surface area contributed by atoms with E-state index in [1.165, 1.54) is 12.8 Å². The number of likely N-dealkylation sites (N-methyl/N-ethyl adjacent to an activating group) is 1. The first kappa shape index (κ1) is 16.1. The van der Waals surface area contributed by atoms with Gasteiger partial charge in [0.25, 0.3) is 0 Å². The lowest BCUT2D eigenvalue weighted by Gasteiger charge is -2.38. The van der Waals surface area contributed by atoms with Gasteiger partial charge in [-0.3, -0.25) is 4.79 Å². The zero-order valence-electron chi connectivity index (χ0n) is 13.1. The van der Waals surface area contributed by atoms with E-state index in [-0.39, 0.29) is 11.6 Å². The Morgan fingerprint density at radius 3 is 2.52 bits per heavy atom. The summed E-state index contributed by atoms with van der Waals surface area (Å²) in [5, 5.41) is 12.1. The molecule has 120 valence electrons. The number of amides is 2. The van der Waals surface area contributed by atoms with Gasteiger partial charge in [-0.05, 0) is 39.8 Å². The van der Waals surface area contributed by atoms with Crippen molar-refractivity contribution in [1.29, 1.82) is 0 Å². The summed E-state index contributed by atoms with van der Waals surface area (Å²) in [5.41, 5.74) is 0.0671. The van der Waals surface area contributed by atoms with Crippen molar-refractivity contribution in [2.24, 2.45) is 5.92 Å². The molecular formula is C15H27N3O3. The van der Waals surface area contributed by atoms with Gasteiger partial charge in [0.05, 0.1) is 5.92 Å². The monoisotopic (exact) mass is 297 g/mol. The highest BCUT2D eigenvalue weighted by atomic mass is 16.4. The number of nitrogens with zero attached hydrogens (tertiary/aromatic N) is 2. The van der Waals surface area contributed by atoms with Gasteiger partial charge in [0.1, 0.15) is 0 Å². The number of urea groups is 1. The summed E-state index contributed by atoms with van der Waals surface area (Å²) in [5.74, 6) is -1.22. The molecule has 2 aliphatic rings. The van der Waals surface area contributed by atoms with E-state index in [4.69, 9.17) is 5.11 Å². The van der Waals surface area contributed by atoms with E-state index in [0.717, 1.165) is 19.3 Å². The number of carbonyl (C=O) groups is 2. The molecule has 6 nitrogen and oxygen atoms in total. The number of hydrogen-bond donors (Lipinski definition) is 2. The second kappa shape index (κ2) is 6.64. The molecule has 1 atom stereocenters. The summed E-state index contributed by atoms with van der Waals surface area (Å²) in [6, 6.07) is -0.117. The third-order valence-corrected chi connectivity index (χ3v) is 5.11. The lowest BCUT2D eigenvalue weighted by atomic mass is 9.96. The topological polar surface area (TPSA) is 72.9 Å². The number of hydrogen-bond acceptors (Lipinski definition) is 3. The molecule has 1 saturated carbocycles. The number of carbonyl (C=O) groups excluding carboxylic acids is 1. The molecular weight excluding hydrogens is 270 g/mol. The molecule has 1 heterocycles. The third-order valence-electron chi connectivity index (χ3n) is 5.11. The van der Waals surface area contributed by atoms with Crippen LogP contribution in [0.4, 0.5) is 4.79 Å². The number of piperidine rings is 1. The summed E-state index contributed by atoms with van der Waals surface area (Å²) in [4.78, 5) is 27.2. The number of nitrogens with one attached hydrogen (secondary N) is 1. The second-order valence-electron chi connectivity index (χ2n) is 6.61. The lowest BCUT2D eigenvalue weighted by molar-refractivity contribution is -0.143. The van der Waals surface area contributed by atoms with Crippen LogP contribution >= 0.6 is 0 Å². The maximum absolute atomic E-state index is 12.3. The van der Waals surface area contributed by atoms with Crippen LogP contribution in [0.2, 0.25) is 0 Å². The lowest BCUT2D eigenvalue weighted by Crippen LogP contribution is -2.54. The minimum Gasteiger partial charge on any atom is -0.481 e. The third kappa shape index (κ3) is 3.67. The predicted molar refractivity (Wildman–Crippen MR) is 80.2 cm³/mol. The maximum atomic E-state index is 12.3. The molecule has 2 amide bonds. The van der Waals surface area contributed by atoms with Crippen molar-refractivity contribution in [3.05, 3.63) is 0 Å². The number of carboxylic acids is 1. The Labute approximate surface area is 126 Å². The van der Waals surface area contributed by atoms with Gasteiger partial charge in [-0.1, -0.05) is 12.8 Å². The Morgan fingerprint density at radius 1 is 1.29 bits per heavy atom. The molecule has 0 aromatic carbocycles. The molecule has 0 aromatic heterocycles. The largest absolute Gasteiger partial charge is 0.481 e. The average Bonchev–Trinajstić information content (AvgIpc) is 2.95. The van der Waals surface area contributed by atoms with Crippen LogP contribution in [0.15, 0.2) is 0 Å². The minimum absolute atomic E-state index is 0.0671. The van der Waals surface area contributed by atoms with Crippen molar-refractivity contribution >= 4 is 12.0 Å². The predicted octanol–water partition coefficient (Wildman–Crippen LogP) is 1.37. The molecule has 0 unspecified atom stereocenters. The van der Waals surface area contributed by atoms with Crippen LogP contribution in [0.1, 0.15) is 38.5 Å². The molecule has 0 spiro atoms. The Kier molecular flexibility index (Phi) is 5.08. The van der Waals surface area contributed by atoms with Crippen LogP contribution in [-0.2, 0) is 4.79 Å². The summed E-state index contributed by atoms with van der Waals surface area (Å²) in [6.07, 6.45) is 6.07. The highest BCUT2D eigenvalue weighted by Gasteiger charge is 2.37. The highest BCUT2D eigenvalue weighted by Crippen LogP contribution is 2.33. The van der Waals surface area contributed by atoms with Crippen molar-refractivity contribution in [2.45, 2.75) is 44.1 Å². The highest BCUT2D eigenvalue weighted by molar-refractivity contribution is 5.76. The molecule has 1 aliphatic heterocycles. The summed E-state index contributed by atoms with van der Waals surface area (Å²) < 4.78 is 0. The first-order valence-corrected chi connectivity index (χ1v) is 7.88. The first-order chi connectivity index (χ1) is 9.94. The number of rotatable bonds is 4. The van der Waals surface area contributed by atoms with Gasteiger partial charge in [-0.2, -0.15) is 0 Å². The molecule has 0 bridgehead atoms. The van der Waals surface area contributed by atoms with Crippen molar-refractivity contribution in [2.75, 3.05) is 33.7 Å². The van der Waals surface area contributed by atoms with E-state index in [2.05, 4.69) is 24.3 Å². The van der Waals surface area contributed by atoms with Crippen molar-refractivity contribution < 1.29 is 14.7 Å². The fraction of sp³-hybridized carbons (Fsp3) is 0.867. The Morgan fingerprint density at radius 2 is 1.95 bits per heavy atom. The van der Waals surface area contributed by atoms with Gasteiger partial charge in [-0.25, -0.2) is 4.79 Å². The van der Waals surface area contributed by atoms with Gasteiger partial charge in [0.2, 0.25) is 0 Å². The van der Waals surface area contributed by atoms with Gasteiger partial charge in [-0.15, -0.1) is 0 Å². The standard InChI is InChI=1S/C15H27N3O3/c1-17(2)15(7-3-4-8-15)11-16-14(21)18-9-5-6-12(10-18)13(19)20/h12H,3-11H2,1-2H3,(H,16,21)(H,19,20)/t12-/m0/s1. The van der Waals surface area contributed by atoms with Gasteiger partial charge in [0, 0.05) is 25.2 Å². The molecule has 0 radical (unpaired) electrons. The fourth-order valence-corrected chi connectivity index (χ4v) is 3.53. The van der Waals surface area contributed by atoms with E-state index in [0.29, 0.717) is 26.1 Å². The number of carboxylic acid groups (broad SMARTS) is 1. The molecule has 21 heavy (non-hydrogen) atoms. The Bertz CT molecular complexity index is 392. The van der Waals surface area contributed by atoms with Crippen molar-refractivity contribution in [3.8, 4) is 0 Å². The van der Waals surface area contributed by atoms with Crippen LogP contribution in [0.3, 0.4) is 0 Å². The Balaban J connectivity index is 1.87. The molecule has 2 fully saturated rings. The SMILES string of the molecule is CN(C)C1(CNC(=O)N2CCC[C@H](C(=O)O)C2)CCCC1. The van der Waals surface area contributed by atoms with Crippen LogP contribution in [0.25, 0.3) is 0 Å². The second-order valence-corrected chi connectivity index (χ2v) is 6.61. The van der Waals surface area contributed by atoms with Crippen LogP contribution in [-0.4, -0.2) is 66.2 Å². The van der Waals surface area contributed by atoms with Crippen LogP contribution in [0.5, 0.6) is 0 Å². The van der Waals surface area contributed by atoms with Gasteiger partial charge >= 0.3 is 12.0 Å². The molecule has 2 N–H and O–H groups in total. The fourth-order valence-electron chi connectivity index (χ4n) is 3.53. The van der Waals surface area contributed by atoms with Crippen LogP contribution in [0, 0.1) is 5.92 Å². The number of likely N-dealkylation sites (tertiary alicyclic amines) is 1. The summed E-state index contributed by atoms with van der Waals surface area (Å²) in [6.45, 7) is 1.63. The van der Waals surface area contributed by atoms with E-state index in [1.54, 1.807) is 4.90 Å². The normalized spacial score (nSPS) is 25.1. The summed E-state index contributed by atoms with van der Waals surface area (Å²) in [7, 11) is 4.14. The number of aliphatic carboxylic acids is 1. The zero-order chi connectivity index (χ0) is 15.5. The first-order valence-electron chi connectivity index (χ1n) is 7.88. The minimum atomic E-state index is -0.798. The van der Waals surface area contributed by atoms with E-state index in [1.807, 2.05) is 0 Å². The molecule has 0 aromatic rings. The van der Waals surface area contributed by atoms with Crippen molar-refractivity contribution in [1.82, 2.24) is 15.1 Å². The molecule has 2 rings (SSSR count). The zero-order valence-corrected chi connectivity index (χ0v) is 13.1. The van der Waals surface area contributed by atoms with Gasteiger partial charge < -0.3 is 20.2 Å². The van der Waals surface area contributed by atoms with E-state index < -0.39 is 11.9 Å². The van der Waals surface area contributed by atoms with Crippen LogP contribution < -0.4 is 5.32 Å². The molecule has 1 saturated heterocycles. The smallest absolute Gasteiger partial charge is 0.317 e. The van der Waals surface area contributed by atoms with E-state index in [9.17, 15) is 9.59 Å². The van der Waals surface area contributed by atoms with Crippen molar-refractivity contribution in [3.63, 3.8) is 0 Å². The quantitative estimate of drug-likeness (QED) is 0.822. The molecule has 1 aliphatic carbocycles. The molecule has 6 heteroatoms. The van der Waals surface area contributed by atoms with E-state index >= 15 is 0 Å². The Hall–Kier alpha value is -1.30. The average molecular weight is 297 g/mol.